The molecule has 0 saturated carbocycles. The van der Waals surface area contributed by atoms with E-state index in [0.29, 0.717) is 21.4 Å². The Bertz CT molecular complexity index is 694. The number of nitrogens with zero attached hydrogens (tertiary/aromatic N) is 2. The van der Waals surface area contributed by atoms with Gasteiger partial charge in [-0.2, -0.15) is 0 Å². The summed E-state index contributed by atoms with van der Waals surface area (Å²) in [6.45, 7) is 2.05. The highest BCUT2D eigenvalue weighted by molar-refractivity contribution is 6.35. The normalized spacial score (nSPS) is 14.6. The summed E-state index contributed by atoms with van der Waals surface area (Å²) in [6, 6.07) is 8.69. The van der Waals surface area contributed by atoms with E-state index in [1.54, 1.807) is 24.4 Å². The summed E-state index contributed by atoms with van der Waals surface area (Å²) in [6.07, 6.45) is 5.31. The van der Waals surface area contributed by atoms with Gasteiger partial charge in [0.05, 0.1) is 0 Å². The molecule has 0 unspecified atom stereocenters. The predicted octanol–water partition coefficient (Wildman–Crippen LogP) is 4.63. The van der Waals surface area contributed by atoms with Gasteiger partial charge in [0.25, 0.3) is 5.91 Å². The monoisotopic (exact) mass is 349 g/mol. The largest absolute Gasteiger partial charge is 0.371 e. The van der Waals surface area contributed by atoms with Crippen molar-refractivity contribution in [1.82, 2.24) is 4.98 Å². The van der Waals surface area contributed by atoms with Crippen LogP contribution in [-0.2, 0) is 0 Å². The number of amides is 1. The lowest BCUT2D eigenvalue weighted by atomic mass is 10.1. The summed E-state index contributed by atoms with van der Waals surface area (Å²) >= 11 is 11.9. The van der Waals surface area contributed by atoms with Gasteiger partial charge in [-0.15, -0.1) is 0 Å². The first-order chi connectivity index (χ1) is 11.1. The predicted molar refractivity (Wildman–Crippen MR) is 94.7 cm³/mol. The van der Waals surface area contributed by atoms with Crippen molar-refractivity contribution in [2.45, 2.75) is 19.3 Å². The molecule has 1 saturated heterocycles. The molecule has 120 valence electrons. The highest BCUT2D eigenvalue weighted by Crippen LogP contribution is 2.24. The van der Waals surface area contributed by atoms with E-state index in [2.05, 4.69) is 15.2 Å². The van der Waals surface area contributed by atoms with Gasteiger partial charge < -0.3 is 10.2 Å². The number of piperidine rings is 1. The SMILES string of the molecule is O=C(Nc1cc(Cl)cc(Cl)c1)c1cc(N2CCCCC2)ccn1. The minimum Gasteiger partial charge on any atom is -0.371 e. The molecule has 2 aromatic rings. The standard InChI is InChI=1S/C17H17Cl2N3O/c18-12-8-13(19)10-14(9-12)21-17(23)16-11-15(4-5-20-16)22-6-2-1-3-7-22/h4-5,8-11H,1-3,6-7H2,(H,21,23). The van der Waals surface area contributed by atoms with E-state index in [9.17, 15) is 4.79 Å². The maximum absolute atomic E-state index is 12.4. The number of nitrogens with one attached hydrogen (secondary N) is 1. The van der Waals surface area contributed by atoms with Gasteiger partial charge in [0, 0.05) is 40.7 Å². The van der Waals surface area contributed by atoms with Crippen LogP contribution < -0.4 is 10.2 Å². The van der Waals surface area contributed by atoms with Crippen molar-refractivity contribution in [3.05, 3.63) is 52.3 Å². The molecule has 0 atom stereocenters. The lowest BCUT2D eigenvalue weighted by Crippen LogP contribution is -2.29. The topological polar surface area (TPSA) is 45.2 Å². The molecule has 1 amide bonds. The zero-order chi connectivity index (χ0) is 16.2. The molecular formula is C17H17Cl2N3O. The number of pyridine rings is 1. The second-order valence-electron chi connectivity index (χ2n) is 5.56. The van der Waals surface area contributed by atoms with Gasteiger partial charge in [-0.25, -0.2) is 0 Å². The van der Waals surface area contributed by atoms with E-state index >= 15 is 0 Å². The van der Waals surface area contributed by atoms with Crippen molar-refractivity contribution in [1.29, 1.82) is 0 Å². The molecule has 1 aromatic carbocycles. The zero-order valence-electron chi connectivity index (χ0n) is 12.6. The third-order valence-electron chi connectivity index (χ3n) is 3.82. The maximum Gasteiger partial charge on any atom is 0.274 e. The Morgan fingerprint density at radius 3 is 2.43 bits per heavy atom. The fourth-order valence-corrected chi connectivity index (χ4v) is 3.24. The average Bonchev–Trinajstić information content (AvgIpc) is 2.55. The summed E-state index contributed by atoms with van der Waals surface area (Å²) in [5.41, 5.74) is 1.97. The fraction of sp³-hybridized carbons (Fsp3) is 0.294. The minimum absolute atomic E-state index is 0.276. The molecule has 6 heteroatoms. The summed E-state index contributed by atoms with van der Waals surface area (Å²) in [4.78, 5) is 18.9. The number of carbonyl (C=O) groups excluding carboxylic acids is 1. The van der Waals surface area contributed by atoms with Gasteiger partial charge in [0.1, 0.15) is 5.69 Å². The molecule has 1 aliphatic heterocycles. The van der Waals surface area contributed by atoms with Gasteiger partial charge in [0.2, 0.25) is 0 Å². The smallest absolute Gasteiger partial charge is 0.274 e. The molecule has 0 bridgehead atoms. The molecule has 3 rings (SSSR count). The molecular weight excluding hydrogens is 333 g/mol. The van der Waals surface area contributed by atoms with Crippen molar-refractivity contribution < 1.29 is 4.79 Å². The van der Waals surface area contributed by atoms with Gasteiger partial charge in [-0.05, 0) is 49.6 Å². The number of halogens is 2. The Hall–Kier alpha value is -1.78. The van der Waals surface area contributed by atoms with Crippen LogP contribution in [0.4, 0.5) is 11.4 Å². The first-order valence-electron chi connectivity index (χ1n) is 7.60. The number of aromatic nitrogens is 1. The van der Waals surface area contributed by atoms with Crippen LogP contribution in [0, 0.1) is 0 Å². The van der Waals surface area contributed by atoms with Crippen molar-refractivity contribution >= 4 is 40.5 Å². The van der Waals surface area contributed by atoms with Crippen molar-refractivity contribution in [2.75, 3.05) is 23.3 Å². The Labute approximate surface area is 145 Å². The summed E-state index contributed by atoms with van der Waals surface area (Å²) in [5, 5.41) is 3.73. The first-order valence-corrected chi connectivity index (χ1v) is 8.36. The lowest BCUT2D eigenvalue weighted by molar-refractivity contribution is 0.102. The number of rotatable bonds is 3. The maximum atomic E-state index is 12.4. The Balaban J connectivity index is 1.76. The summed E-state index contributed by atoms with van der Waals surface area (Å²) in [7, 11) is 0. The van der Waals surface area contributed by atoms with Crippen molar-refractivity contribution in [3.63, 3.8) is 0 Å². The second kappa shape index (κ2) is 7.20. The van der Waals surface area contributed by atoms with Crippen LogP contribution in [0.2, 0.25) is 10.0 Å². The average molecular weight is 350 g/mol. The third kappa shape index (κ3) is 4.15. The number of hydrogen-bond acceptors (Lipinski definition) is 3. The number of benzene rings is 1. The van der Waals surface area contributed by atoms with Crippen LogP contribution in [-0.4, -0.2) is 24.0 Å². The molecule has 2 heterocycles. The summed E-state index contributed by atoms with van der Waals surface area (Å²) < 4.78 is 0. The van der Waals surface area contributed by atoms with Crippen LogP contribution in [0.25, 0.3) is 0 Å². The molecule has 1 aromatic heterocycles. The van der Waals surface area contributed by atoms with Gasteiger partial charge >= 0.3 is 0 Å². The summed E-state index contributed by atoms with van der Waals surface area (Å²) in [5.74, 6) is -0.276. The van der Waals surface area contributed by atoms with Gasteiger partial charge in [-0.1, -0.05) is 23.2 Å². The molecule has 23 heavy (non-hydrogen) atoms. The van der Waals surface area contributed by atoms with E-state index in [0.717, 1.165) is 18.8 Å². The number of anilines is 2. The molecule has 4 nitrogen and oxygen atoms in total. The zero-order valence-corrected chi connectivity index (χ0v) is 14.1. The first kappa shape index (κ1) is 16.1. The van der Waals surface area contributed by atoms with Crippen LogP contribution >= 0.6 is 23.2 Å². The Morgan fingerprint density at radius 2 is 1.74 bits per heavy atom. The number of carbonyl (C=O) groups is 1. The highest BCUT2D eigenvalue weighted by atomic mass is 35.5. The van der Waals surface area contributed by atoms with E-state index in [4.69, 9.17) is 23.2 Å². The fourth-order valence-electron chi connectivity index (χ4n) is 2.71. The lowest BCUT2D eigenvalue weighted by Gasteiger charge is -2.28. The van der Waals surface area contributed by atoms with Crippen LogP contribution in [0.15, 0.2) is 36.5 Å². The Morgan fingerprint density at radius 1 is 1.04 bits per heavy atom. The van der Waals surface area contributed by atoms with E-state index in [-0.39, 0.29) is 5.91 Å². The van der Waals surface area contributed by atoms with Crippen molar-refractivity contribution in [2.24, 2.45) is 0 Å². The molecule has 1 N–H and O–H groups in total. The van der Waals surface area contributed by atoms with Gasteiger partial charge in [0.15, 0.2) is 0 Å². The van der Waals surface area contributed by atoms with Crippen LogP contribution in [0.3, 0.4) is 0 Å². The molecule has 0 spiro atoms. The molecule has 0 aliphatic carbocycles. The van der Waals surface area contributed by atoms with E-state index in [1.807, 2.05) is 12.1 Å². The molecule has 1 aliphatic rings. The minimum atomic E-state index is -0.276. The van der Waals surface area contributed by atoms with Gasteiger partial charge in [-0.3, -0.25) is 9.78 Å². The highest BCUT2D eigenvalue weighted by Gasteiger charge is 2.14. The van der Waals surface area contributed by atoms with Crippen LogP contribution in [0.1, 0.15) is 29.8 Å². The third-order valence-corrected chi connectivity index (χ3v) is 4.25. The number of hydrogen-bond donors (Lipinski definition) is 1. The molecule has 1 fully saturated rings. The quantitative estimate of drug-likeness (QED) is 0.878. The molecule has 0 radical (unpaired) electrons. The van der Waals surface area contributed by atoms with E-state index < -0.39 is 0 Å². The Kier molecular flexibility index (Phi) is 5.03. The van der Waals surface area contributed by atoms with E-state index in [1.165, 1.54) is 19.3 Å². The second-order valence-corrected chi connectivity index (χ2v) is 6.43. The van der Waals surface area contributed by atoms with Crippen LogP contribution in [0.5, 0.6) is 0 Å². The van der Waals surface area contributed by atoms with Crippen molar-refractivity contribution in [3.8, 4) is 0 Å².